The second kappa shape index (κ2) is 3.42. The molecule has 0 amide bonds. The number of aromatic amines is 1. The minimum Gasteiger partial charge on any atom is -0.367 e. The largest absolute Gasteiger partial charge is 0.367 e. The summed E-state index contributed by atoms with van der Waals surface area (Å²) in [5.74, 6) is 0. The highest BCUT2D eigenvalue weighted by Gasteiger charge is 1.98. The first-order valence-corrected chi connectivity index (χ1v) is 3.73. The molecule has 0 aliphatic heterocycles. The third-order valence-electron chi connectivity index (χ3n) is 1.67. The molecule has 0 spiro atoms. The highest BCUT2D eigenvalue weighted by atomic mass is 14.7. The maximum absolute atomic E-state index is 5.51. The SMILES string of the molecule is CCCc1c[nH]cc1CN. The van der Waals surface area contributed by atoms with Crippen molar-refractivity contribution in [1.82, 2.24) is 4.98 Å². The predicted molar refractivity (Wildman–Crippen MR) is 42.7 cm³/mol. The van der Waals surface area contributed by atoms with Crippen molar-refractivity contribution >= 4 is 0 Å². The zero-order valence-electron chi connectivity index (χ0n) is 6.35. The Balaban J connectivity index is 2.70. The molecule has 1 aromatic rings. The first kappa shape index (κ1) is 7.35. The van der Waals surface area contributed by atoms with Crippen molar-refractivity contribution < 1.29 is 0 Å². The Morgan fingerprint density at radius 2 is 2.10 bits per heavy atom. The number of H-pyrrole nitrogens is 1. The summed E-state index contributed by atoms with van der Waals surface area (Å²) in [6, 6.07) is 0. The van der Waals surface area contributed by atoms with Crippen molar-refractivity contribution in [2.75, 3.05) is 0 Å². The molecule has 10 heavy (non-hydrogen) atoms. The maximum Gasteiger partial charge on any atom is 0.0195 e. The zero-order valence-corrected chi connectivity index (χ0v) is 6.35. The third-order valence-corrected chi connectivity index (χ3v) is 1.67. The van der Waals surface area contributed by atoms with E-state index in [4.69, 9.17) is 5.73 Å². The lowest BCUT2D eigenvalue weighted by Crippen LogP contribution is -1.97. The molecule has 0 aliphatic carbocycles. The summed E-state index contributed by atoms with van der Waals surface area (Å²) in [6.07, 6.45) is 6.33. The number of rotatable bonds is 3. The number of nitrogens with two attached hydrogens (primary N) is 1. The lowest BCUT2D eigenvalue weighted by molar-refractivity contribution is 0.900. The van der Waals surface area contributed by atoms with E-state index in [1.807, 2.05) is 12.4 Å². The second-order valence-corrected chi connectivity index (χ2v) is 2.46. The van der Waals surface area contributed by atoms with Gasteiger partial charge in [-0.15, -0.1) is 0 Å². The van der Waals surface area contributed by atoms with E-state index in [0.29, 0.717) is 6.54 Å². The number of hydrogen-bond donors (Lipinski definition) is 2. The van der Waals surface area contributed by atoms with Gasteiger partial charge in [0.15, 0.2) is 0 Å². The highest BCUT2D eigenvalue weighted by molar-refractivity contribution is 5.22. The summed E-state index contributed by atoms with van der Waals surface area (Å²) < 4.78 is 0. The van der Waals surface area contributed by atoms with E-state index in [0.717, 1.165) is 6.42 Å². The summed E-state index contributed by atoms with van der Waals surface area (Å²) in [5.41, 5.74) is 8.12. The molecule has 0 aromatic carbocycles. The maximum atomic E-state index is 5.51. The van der Waals surface area contributed by atoms with E-state index >= 15 is 0 Å². The van der Waals surface area contributed by atoms with Gasteiger partial charge in [-0.2, -0.15) is 0 Å². The monoisotopic (exact) mass is 138 g/mol. The van der Waals surface area contributed by atoms with Gasteiger partial charge in [0.2, 0.25) is 0 Å². The average molecular weight is 138 g/mol. The fraction of sp³-hybridized carbons (Fsp3) is 0.500. The minimum atomic E-state index is 0.652. The van der Waals surface area contributed by atoms with Crippen LogP contribution in [0.25, 0.3) is 0 Å². The van der Waals surface area contributed by atoms with E-state index in [1.54, 1.807) is 0 Å². The summed E-state index contributed by atoms with van der Waals surface area (Å²) >= 11 is 0. The average Bonchev–Trinajstić information content (AvgIpc) is 2.36. The van der Waals surface area contributed by atoms with Gasteiger partial charge in [-0.25, -0.2) is 0 Å². The molecule has 0 radical (unpaired) electrons. The summed E-state index contributed by atoms with van der Waals surface area (Å²) in [4.78, 5) is 3.05. The molecule has 2 heteroatoms. The Morgan fingerprint density at radius 3 is 2.70 bits per heavy atom. The molecule has 0 saturated heterocycles. The smallest absolute Gasteiger partial charge is 0.0195 e. The molecule has 0 saturated carbocycles. The number of nitrogens with one attached hydrogen (secondary N) is 1. The van der Waals surface area contributed by atoms with E-state index in [-0.39, 0.29) is 0 Å². The van der Waals surface area contributed by atoms with Crippen LogP contribution in [-0.4, -0.2) is 4.98 Å². The molecular weight excluding hydrogens is 124 g/mol. The molecule has 0 aliphatic rings. The number of aromatic nitrogens is 1. The minimum absolute atomic E-state index is 0.652. The quantitative estimate of drug-likeness (QED) is 0.651. The molecule has 1 heterocycles. The van der Waals surface area contributed by atoms with Crippen molar-refractivity contribution in [2.45, 2.75) is 26.3 Å². The van der Waals surface area contributed by atoms with Gasteiger partial charge < -0.3 is 10.7 Å². The van der Waals surface area contributed by atoms with E-state index in [1.165, 1.54) is 17.5 Å². The van der Waals surface area contributed by atoms with Crippen LogP contribution in [0.1, 0.15) is 24.5 Å². The van der Waals surface area contributed by atoms with Crippen LogP contribution in [0, 0.1) is 0 Å². The van der Waals surface area contributed by atoms with Crippen LogP contribution >= 0.6 is 0 Å². The van der Waals surface area contributed by atoms with Gasteiger partial charge in [-0.05, 0) is 17.5 Å². The molecule has 2 nitrogen and oxygen atoms in total. The second-order valence-electron chi connectivity index (χ2n) is 2.46. The van der Waals surface area contributed by atoms with E-state index in [2.05, 4.69) is 11.9 Å². The van der Waals surface area contributed by atoms with Crippen molar-refractivity contribution in [3.05, 3.63) is 23.5 Å². The van der Waals surface area contributed by atoms with Crippen molar-refractivity contribution in [3.8, 4) is 0 Å². The molecule has 0 fully saturated rings. The first-order chi connectivity index (χ1) is 4.88. The van der Waals surface area contributed by atoms with E-state index < -0.39 is 0 Å². The molecule has 3 N–H and O–H groups in total. The normalized spacial score (nSPS) is 10.2. The van der Waals surface area contributed by atoms with Crippen molar-refractivity contribution in [1.29, 1.82) is 0 Å². The van der Waals surface area contributed by atoms with Crippen LogP contribution in [0.3, 0.4) is 0 Å². The summed E-state index contributed by atoms with van der Waals surface area (Å²) in [5, 5.41) is 0. The first-order valence-electron chi connectivity index (χ1n) is 3.73. The van der Waals surface area contributed by atoms with Gasteiger partial charge in [0.05, 0.1) is 0 Å². The Kier molecular flexibility index (Phi) is 2.51. The molecule has 1 rings (SSSR count). The summed E-state index contributed by atoms with van der Waals surface area (Å²) in [6.45, 7) is 2.83. The van der Waals surface area contributed by atoms with Crippen LogP contribution in [0.4, 0.5) is 0 Å². The Labute approximate surface area is 61.4 Å². The van der Waals surface area contributed by atoms with Crippen LogP contribution in [0.2, 0.25) is 0 Å². The number of hydrogen-bond acceptors (Lipinski definition) is 1. The topological polar surface area (TPSA) is 41.8 Å². The molecule has 56 valence electrons. The van der Waals surface area contributed by atoms with Gasteiger partial charge in [0.1, 0.15) is 0 Å². The molecular formula is C8H14N2. The molecule has 0 bridgehead atoms. The standard InChI is InChI=1S/C8H14N2/c1-2-3-7-5-10-6-8(7)4-9/h5-6,10H,2-4,9H2,1H3. The lowest BCUT2D eigenvalue weighted by atomic mass is 10.1. The van der Waals surface area contributed by atoms with Crippen LogP contribution in [0.5, 0.6) is 0 Å². The molecule has 1 aromatic heterocycles. The van der Waals surface area contributed by atoms with Crippen molar-refractivity contribution in [2.24, 2.45) is 5.73 Å². The van der Waals surface area contributed by atoms with Gasteiger partial charge >= 0.3 is 0 Å². The van der Waals surface area contributed by atoms with Crippen molar-refractivity contribution in [3.63, 3.8) is 0 Å². The Hall–Kier alpha value is -0.760. The number of aryl methyl sites for hydroxylation is 1. The predicted octanol–water partition coefficient (Wildman–Crippen LogP) is 1.43. The van der Waals surface area contributed by atoms with Gasteiger partial charge in [0, 0.05) is 18.9 Å². The fourth-order valence-corrected chi connectivity index (χ4v) is 1.12. The van der Waals surface area contributed by atoms with E-state index in [9.17, 15) is 0 Å². The van der Waals surface area contributed by atoms with Gasteiger partial charge in [0.25, 0.3) is 0 Å². The van der Waals surface area contributed by atoms with Gasteiger partial charge in [-0.1, -0.05) is 13.3 Å². The van der Waals surface area contributed by atoms with Crippen LogP contribution in [0.15, 0.2) is 12.4 Å². The van der Waals surface area contributed by atoms with Gasteiger partial charge in [-0.3, -0.25) is 0 Å². The molecule has 0 unspecified atom stereocenters. The third kappa shape index (κ3) is 1.39. The van der Waals surface area contributed by atoms with Crippen LogP contribution < -0.4 is 5.73 Å². The molecule has 0 atom stereocenters. The Bertz CT molecular complexity index is 191. The fourth-order valence-electron chi connectivity index (χ4n) is 1.12. The Morgan fingerprint density at radius 1 is 1.40 bits per heavy atom. The zero-order chi connectivity index (χ0) is 7.40. The van der Waals surface area contributed by atoms with Crippen LogP contribution in [-0.2, 0) is 13.0 Å². The summed E-state index contributed by atoms with van der Waals surface area (Å²) in [7, 11) is 0. The lowest BCUT2D eigenvalue weighted by Gasteiger charge is -1.96. The highest BCUT2D eigenvalue weighted by Crippen LogP contribution is 2.08.